The molecule has 0 aliphatic carbocycles. The summed E-state index contributed by atoms with van der Waals surface area (Å²) < 4.78 is 9.54. The van der Waals surface area contributed by atoms with Crippen LogP contribution in [0, 0.1) is 0 Å². The van der Waals surface area contributed by atoms with E-state index in [0.717, 1.165) is 0 Å². The predicted molar refractivity (Wildman–Crippen MR) is 42.2 cm³/mol. The lowest BCUT2D eigenvalue weighted by Gasteiger charge is -2.00. The molecule has 3 nitrogen and oxygen atoms in total. The highest BCUT2D eigenvalue weighted by atomic mass is 16.5. The van der Waals surface area contributed by atoms with Crippen molar-refractivity contribution in [3.05, 3.63) is 12.2 Å². The molecule has 1 atom stereocenters. The van der Waals surface area contributed by atoms with Crippen molar-refractivity contribution in [1.29, 1.82) is 0 Å². The molecule has 64 valence electrons. The van der Waals surface area contributed by atoms with Gasteiger partial charge in [0.1, 0.15) is 0 Å². The molecule has 0 saturated carbocycles. The lowest BCUT2D eigenvalue weighted by Crippen LogP contribution is -2.03. The molecule has 0 spiro atoms. The Hall–Kier alpha value is -0.830. The topological polar surface area (TPSA) is 35.5 Å². The summed E-state index contributed by atoms with van der Waals surface area (Å²) in [5, 5.41) is 0. The van der Waals surface area contributed by atoms with E-state index in [-0.39, 0.29) is 12.1 Å². The second kappa shape index (κ2) is 5.92. The van der Waals surface area contributed by atoms with Crippen LogP contribution in [0.2, 0.25) is 0 Å². The molecular weight excluding hydrogens is 144 g/mol. The first-order valence-electron chi connectivity index (χ1n) is 3.58. The first kappa shape index (κ1) is 10.2. The van der Waals surface area contributed by atoms with Gasteiger partial charge in [-0.1, -0.05) is 0 Å². The number of hydrogen-bond donors (Lipinski definition) is 0. The minimum atomic E-state index is -0.323. The SMILES string of the molecule is CCOC(=O)/C=C\C(C)OC. The van der Waals surface area contributed by atoms with Crippen molar-refractivity contribution >= 4 is 5.97 Å². The molecule has 0 aliphatic heterocycles. The van der Waals surface area contributed by atoms with Gasteiger partial charge in [-0.15, -0.1) is 0 Å². The quantitative estimate of drug-likeness (QED) is 0.454. The summed E-state index contributed by atoms with van der Waals surface area (Å²) in [5.41, 5.74) is 0. The molecule has 3 heteroatoms. The minimum absolute atomic E-state index is 0.0422. The van der Waals surface area contributed by atoms with Gasteiger partial charge in [0.05, 0.1) is 12.7 Å². The lowest BCUT2D eigenvalue weighted by molar-refractivity contribution is -0.137. The van der Waals surface area contributed by atoms with E-state index < -0.39 is 0 Å². The van der Waals surface area contributed by atoms with Crippen molar-refractivity contribution in [1.82, 2.24) is 0 Å². The Bertz CT molecular complexity index is 140. The Morgan fingerprint density at radius 3 is 2.73 bits per heavy atom. The van der Waals surface area contributed by atoms with Crippen molar-refractivity contribution in [3.8, 4) is 0 Å². The van der Waals surface area contributed by atoms with E-state index in [2.05, 4.69) is 4.74 Å². The van der Waals surface area contributed by atoms with E-state index in [1.54, 1.807) is 20.1 Å². The van der Waals surface area contributed by atoms with Crippen LogP contribution in [0.15, 0.2) is 12.2 Å². The molecular formula is C8H14O3. The molecule has 0 aromatic rings. The monoisotopic (exact) mass is 158 g/mol. The molecule has 1 unspecified atom stereocenters. The minimum Gasteiger partial charge on any atom is -0.463 e. The van der Waals surface area contributed by atoms with Crippen LogP contribution in [-0.2, 0) is 14.3 Å². The van der Waals surface area contributed by atoms with Crippen LogP contribution in [0.5, 0.6) is 0 Å². The molecule has 0 fully saturated rings. The molecule has 0 aromatic heterocycles. The molecule has 11 heavy (non-hydrogen) atoms. The van der Waals surface area contributed by atoms with Gasteiger partial charge >= 0.3 is 5.97 Å². The van der Waals surface area contributed by atoms with Crippen LogP contribution in [0.1, 0.15) is 13.8 Å². The number of hydrogen-bond acceptors (Lipinski definition) is 3. The van der Waals surface area contributed by atoms with Crippen LogP contribution in [0.4, 0.5) is 0 Å². The lowest BCUT2D eigenvalue weighted by atomic mass is 10.3. The van der Waals surface area contributed by atoms with Crippen LogP contribution in [0.25, 0.3) is 0 Å². The van der Waals surface area contributed by atoms with Crippen molar-refractivity contribution < 1.29 is 14.3 Å². The van der Waals surface area contributed by atoms with Crippen molar-refractivity contribution in [2.45, 2.75) is 20.0 Å². The maximum Gasteiger partial charge on any atom is 0.330 e. The zero-order valence-corrected chi connectivity index (χ0v) is 7.16. The van der Waals surface area contributed by atoms with Gasteiger partial charge in [0.25, 0.3) is 0 Å². The largest absolute Gasteiger partial charge is 0.463 e. The Morgan fingerprint density at radius 2 is 2.27 bits per heavy atom. The third kappa shape index (κ3) is 5.61. The summed E-state index contributed by atoms with van der Waals surface area (Å²) in [7, 11) is 1.58. The number of rotatable bonds is 4. The first-order valence-corrected chi connectivity index (χ1v) is 3.58. The van der Waals surface area contributed by atoms with E-state index in [1.807, 2.05) is 6.92 Å². The summed E-state index contributed by atoms with van der Waals surface area (Å²) in [5.74, 6) is -0.323. The highest BCUT2D eigenvalue weighted by molar-refractivity contribution is 5.81. The van der Waals surface area contributed by atoms with E-state index >= 15 is 0 Å². The molecule has 0 rings (SSSR count). The predicted octanol–water partition coefficient (Wildman–Crippen LogP) is 1.14. The number of ether oxygens (including phenoxy) is 2. The summed E-state index contributed by atoms with van der Waals surface area (Å²) in [6.07, 6.45) is 2.98. The van der Waals surface area contributed by atoms with Gasteiger partial charge in [-0.3, -0.25) is 0 Å². The Balaban J connectivity index is 3.63. The van der Waals surface area contributed by atoms with Gasteiger partial charge in [0, 0.05) is 13.2 Å². The van der Waals surface area contributed by atoms with E-state index in [0.29, 0.717) is 6.61 Å². The fourth-order valence-corrected chi connectivity index (χ4v) is 0.483. The van der Waals surface area contributed by atoms with Gasteiger partial charge in [0.2, 0.25) is 0 Å². The molecule has 0 amide bonds. The molecule has 0 saturated heterocycles. The highest BCUT2D eigenvalue weighted by Crippen LogP contribution is 1.90. The maximum atomic E-state index is 10.7. The zero-order chi connectivity index (χ0) is 8.69. The first-order chi connectivity index (χ1) is 5.20. The normalized spacial score (nSPS) is 13.4. The van der Waals surface area contributed by atoms with Gasteiger partial charge in [0.15, 0.2) is 0 Å². The smallest absolute Gasteiger partial charge is 0.330 e. The van der Waals surface area contributed by atoms with Crippen molar-refractivity contribution in [2.75, 3.05) is 13.7 Å². The third-order valence-electron chi connectivity index (χ3n) is 1.16. The Kier molecular flexibility index (Phi) is 5.47. The summed E-state index contributed by atoms with van der Waals surface area (Å²) in [4.78, 5) is 10.7. The molecule has 0 aromatic carbocycles. The van der Waals surface area contributed by atoms with Crippen LogP contribution >= 0.6 is 0 Å². The number of esters is 1. The van der Waals surface area contributed by atoms with Crippen molar-refractivity contribution in [3.63, 3.8) is 0 Å². The van der Waals surface area contributed by atoms with Crippen molar-refractivity contribution in [2.24, 2.45) is 0 Å². The number of methoxy groups -OCH3 is 1. The van der Waals surface area contributed by atoms with Gasteiger partial charge in [-0.25, -0.2) is 4.79 Å². The van der Waals surface area contributed by atoms with Gasteiger partial charge in [-0.2, -0.15) is 0 Å². The number of carbonyl (C=O) groups is 1. The Morgan fingerprint density at radius 1 is 1.64 bits per heavy atom. The van der Waals surface area contributed by atoms with E-state index in [4.69, 9.17) is 4.74 Å². The maximum absolute atomic E-state index is 10.7. The molecule has 0 heterocycles. The van der Waals surface area contributed by atoms with Crippen LogP contribution < -0.4 is 0 Å². The fourth-order valence-electron chi connectivity index (χ4n) is 0.483. The summed E-state index contributed by atoms with van der Waals surface area (Å²) in [6.45, 7) is 4.02. The van der Waals surface area contributed by atoms with E-state index in [1.165, 1.54) is 6.08 Å². The molecule has 0 aliphatic rings. The van der Waals surface area contributed by atoms with Crippen LogP contribution in [0.3, 0.4) is 0 Å². The third-order valence-corrected chi connectivity index (χ3v) is 1.16. The average molecular weight is 158 g/mol. The molecule has 0 N–H and O–H groups in total. The second-order valence-corrected chi connectivity index (χ2v) is 2.05. The van der Waals surface area contributed by atoms with Gasteiger partial charge < -0.3 is 9.47 Å². The average Bonchev–Trinajstić information content (AvgIpc) is 2.01. The fraction of sp³-hybridized carbons (Fsp3) is 0.625. The molecule has 0 bridgehead atoms. The van der Waals surface area contributed by atoms with Gasteiger partial charge in [-0.05, 0) is 19.9 Å². The highest BCUT2D eigenvalue weighted by Gasteiger charge is 1.95. The number of carbonyl (C=O) groups excluding carboxylic acids is 1. The molecule has 0 radical (unpaired) electrons. The van der Waals surface area contributed by atoms with Crippen LogP contribution in [-0.4, -0.2) is 25.8 Å². The second-order valence-electron chi connectivity index (χ2n) is 2.05. The van der Waals surface area contributed by atoms with E-state index in [9.17, 15) is 4.79 Å². The summed E-state index contributed by atoms with van der Waals surface area (Å²) in [6, 6.07) is 0. The zero-order valence-electron chi connectivity index (χ0n) is 7.16. The standard InChI is InChI=1S/C8H14O3/c1-4-11-8(9)6-5-7(2)10-3/h5-7H,4H2,1-3H3/b6-5-. The Labute approximate surface area is 67.0 Å². The summed E-state index contributed by atoms with van der Waals surface area (Å²) >= 11 is 0.